The Hall–Kier alpha value is -0.570. The minimum atomic E-state index is -0.659. The number of hydrogen-bond donors (Lipinski definition) is 2. The van der Waals surface area contributed by atoms with Crippen LogP contribution < -0.4 is 5.73 Å². The van der Waals surface area contributed by atoms with Crippen LogP contribution in [0, 0.1) is 0 Å². The van der Waals surface area contributed by atoms with Crippen LogP contribution in [0.1, 0.15) is 181 Å². The van der Waals surface area contributed by atoms with Crippen LogP contribution in [0.4, 0.5) is 0 Å². The van der Waals surface area contributed by atoms with E-state index in [-0.39, 0.29) is 0 Å². The highest BCUT2D eigenvalue weighted by Crippen LogP contribution is 2.13. The maximum Gasteiger partial charge on any atom is 0.303 e. The Morgan fingerprint density at radius 3 is 0.939 bits per heavy atom. The lowest BCUT2D eigenvalue weighted by atomic mass is 10.0. The average molecular weight is 470 g/mol. The molecule has 3 nitrogen and oxygen atoms in total. The van der Waals surface area contributed by atoms with Gasteiger partial charge in [-0.2, -0.15) is 0 Å². The van der Waals surface area contributed by atoms with Gasteiger partial charge in [0, 0.05) is 6.42 Å². The quantitative estimate of drug-likeness (QED) is 0.124. The van der Waals surface area contributed by atoms with Gasteiger partial charge in [0.2, 0.25) is 0 Å². The number of unbranched alkanes of at least 4 members (excludes halogenated alkanes) is 23. The molecule has 0 aromatic heterocycles. The number of carbonyl (C=O) groups is 1. The number of rotatable bonds is 26. The van der Waals surface area contributed by atoms with E-state index in [0.29, 0.717) is 6.42 Å². The van der Waals surface area contributed by atoms with Gasteiger partial charge in [0.1, 0.15) is 0 Å². The molecule has 0 aliphatic rings. The van der Waals surface area contributed by atoms with Gasteiger partial charge in [-0.3, -0.25) is 4.79 Å². The molecule has 200 valence electrons. The smallest absolute Gasteiger partial charge is 0.303 e. The molecule has 0 aliphatic heterocycles. The molecule has 0 atom stereocenters. The summed E-state index contributed by atoms with van der Waals surface area (Å²) in [6.45, 7) is 5.39. The third-order valence-corrected chi connectivity index (χ3v) is 6.55. The molecule has 0 fully saturated rings. The maximum absolute atomic E-state index is 10.2. The zero-order valence-corrected chi connectivity index (χ0v) is 23.0. The van der Waals surface area contributed by atoms with Crippen LogP contribution in [-0.4, -0.2) is 17.6 Å². The van der Waals surface area contributed by atoms with Gasteiger partial charge in [-0.15, -0.1) is 0 Å². The van der Waals surface area contributed by atoms with E-state index in [1.54, 1.807) is 0 Å². The Balaban J connectivity index is 0. The predicted molar refractivity (Wildman–Crippen MR) is 148 cm³/mol. The molecule has 0 radical (unpaired) electrons. The van der Waals surface area contributed by atoms with Gasteiger partial charge in [0.05, 0.1) is 0 Å². The van der Waals surface area contributed by atoms with Crippen LogP contribution in [0.15, 0.2) is 0 Å². The van der Waals surface area contributed by atoms with Crippen molar-refractivity contribution in [1.82, 2.24) is 0 Å². The zero-order chi connectivity index (χ0) is 24.7. The molecular weight excluding hydrogens is 406 g/mol. The summed E-state index contributed by atoms with van der Waals surface area (Å²) in [5.74, 6) is -0.659. The standard InChI is InChI=1S/C18H39N.C12H24O2/c1-2-3-4-5-6-7-8-9-10-11-12-13-14-15-16-17-18-19;1-2-3-4-5-6-7-8-9-10-11-12(13)14/h2-19H2,1H3;2-11H2,1H3,(H,13,14). The summed E-state index contributed by atoms with van der Waals surface area (Å²) in [5, 5.41) is 8.41. The largest absolute Gasteiger partial charge is 0.481 e. The van der Waals surface area contributed by atoms with Crippen molar-refractivity contribution >= 4 is 5.97 Å². The van der Waals surface area contributed by atoms with Crippen molar-refractivity contribution in [3.8, 4) is 0 Å². The summed E-state index contributed by atoms with van der Waals surface area (Å²) in [7, 11) is 0. The lowest BCUT2D eigenvalue weighted by Gasteiger charge is -2.03. The first-order valence-corrected chi connectivity index (χ1v) is 15.1. The summed E-state index contributed by atoms with van der Waals surface area (Å²) < 4.78 is 0. The van der Waals surface area contributed by atoms with Crippen molar-refractivity contribution in [2.45, 2.75) is 181 Å². The molecule has 0 rings (SSSR count). The minimum Gasteiger partial charge on any atom is -0.481 e. The Bertz CT molecular complexity index is 330. The second kappa shape index (κ2) is 33.6. The molecule has 0 aromatic carbocycles. The summed E-state index contributed by atoms with van der Waals surface area (Å²) in [4.78, 5) is 10.2. The van der Waals surface area contributed by atoms with Crippen LogP contribution in [0.3, 0.4) is 0 Å². The average Bonchev–Trinajstić information content (AvgIpc) is 2.81. The van der Waals surface area contributed by atoms with Crippen LogP contribution in [-0.2, 0) is 4.79 Å². The van der Waals surface area contributed by atoms with Gasteiger partial charge < -0.3 is 10.8 Å². The molecule has 3 N–H and O–H groups in total. The highest BCUT2D eigenvalue weighted by atomic mass is 16.4. The van der Waals surface area contributed by atoms with E-state index in [2.05, 4.69) is 13.8 Å². The molecule has 33 heavy (non-hydrogen) atoms. The van der Waals surface area contributed by atoms with Crippen molar-refractivity contribution in [3.05, 3.63) is 0 Å². The third-order valence-electron chi connectivity index (χ3n) is 6.55. The number of carboxylic acids is 1. The number of nitrogens with two attached hydrogens (primary N) is 1. The Morgan fingerprint density at radius 2 is 0.697 bits per heavy atom. The van der Waals surface area contributed by atoms with E-state index in [4.69, 9.17) is 10.8 Å². The van der Waals surface area contributed by atoms with Gasteiger partial charge >= 0.3 is 5.97 Å². The Labute approximate surface area is 209 Å². The fourth-order valence-electron chi connectivity index (χ4n) is 4.28. The first-order chi connectivity index (χ1) is 16.2. The first kappa shape index (κ1) is 34.6. The van der Waals surface area contributed by atoms with E-state index in [0.717, 1.165) is 19.4 Å². The van der Waals surface area contributed by atoms with Crippen LogP contribution in [0.5, 0.6) is 0 Å². The molecule has 0 unspecified atom stereocenters. The van der Waals surface area contributed by atoms with E-state index in [9.17, 15) is 4.79 Å². The van der Waals surface area contributed by atoms with Crippen molar-refractivity contribution in [2.24, 2.45) is 5.73 Å². The summed E-state index contributed by atoms with van der Waals surface area (Å²) in [6.07, 6.45) is 34.3. The summed E-state index contributed by atoms with van der Waals surface area (Å²) in [5.41, 5.74) is 5.48. The third kappa shape index (κ3) is 39.0. The van der Waals surface area contributed by atoms with Gasteiger partial charge in [-0.05, 0) is 19.4 Å². The molecule has 0 aromatic rings. The van der Waals surface area contributed by atoms with Crippen molar-refractivity contribution < 1.29 is 9.90 Å². The SMILES string of the molecule is CCCCCCCCCCCC(=O)O.CCCCCCCCCCCCCCCCCCN. The fraction of sp³-hybridized carbons (Fsp3) is 0.967. The van der Waals surface area contributed by atoms with Crippen molar-refractivity contribution in [2.75, 3.05) is 6.54 Å². The molecule has 0 spiro atoms. The lowest BCUT2D eigenvalue weighted by molar-refractivity contribution is -0.137. The van der Waals surface area contributed by atoms with Gasteiger partial charge in [0.15, 0.2) is 0 Å². The molecule has 0 saturated heterocycles. The lowest BCUT2D eigenvalue weighted by Crippen LogP contribution is -1.97. The van der Waals surface area contributed by atoms with Crippen LogP contribution in [0.25, 0.3) is 0 Å². The monoisotopic (exact) mass is 469 g/mol. The molecule has 0 bridgehead atoms. The molecule has 3 heteroatoms. The van der Waals surface area contributed by atoms with Crippen LogP contribution in [0.2, 0.25) is 0 Å². The van der Waals surface area contributed by atoms with E-state index < -0.39 is 5.97 Å². The van der Waals surface area contributed by atoms with E-state index in [1.807, 2.05) is 0 Å². The second-order valence-corrected chi connectivity index (χ2v) is 10.1. The topological polar surface area (TPSA) is 63.3 Å². The fourth-order valence-corrected chi connectivity index (χ4v) is 4.28. The van der Waals surface area contributed by atoms with Crippen molar-refractivity contribution in [3.63, 3.8) is 0 Å². The predicted octanol–water partition coefficient (Wildman–Crippen LogP) is 10.2. The summed E-state index contributed by atoms with van der Waals surface area (Å²) >= 11 is 0. The van der Waals surface area contributed by atoms with Crippen molar-refractivity contribution in [1.29, 1.82) is 0 Å². The summed E-state index contributed by atoms with van der Waals surface area (Å²) in [6, 6.07) is 0. The minimum absolute atomic E-state index is 0.343. The van der Waals surface area contributed by atoms with Gasteiger partial charge in [0.25, 0.3) is 0 Å². The maximum atomic E-state index is 10.2. The number of aliphatic carboxylic acids is 1. The van der Waals surface area contributed by atoms with Crippen LogP contribution >= 0.6 is 0 Å². The van der Waals surface area contributed by atoms with E-state index >= 15 is 0 Å². The Morgan fingerprint density at radius 1 is 0.455 bits per heavy atom. The zero-order valence-electron chi connectivity index (χ0n) is 23.0. The highest BCUT2D eigenvalue weighted by molar-refractivity contribution is 5.66. The Kier molecular flexibility index (Phi) is 35.2. The number of carboxylic acid groups (broad SMARTS) is 1. The van der Waals surface area contributed by atoms with Gasteiger partial charge in [-0.1, -0.05) is 162 Å². The molecule has 0 aliphatic carbocycles. The molecule has 0 saturated carbocycles. The number of hydrogen-bond acceptors (Lipinski definition) is 2. The highest BCUT2D eigenvalue weighted by Gasteiger charge is 1.96. The second-order valence-electron chi connectivity index (χ2n) is 10.1. The normalized spacial score (nSPS) is 10.8. The molecular formula is C30H63NO2. The van der Waals surface area contributed by atoms with E-state index in [1.165, 1.54) is 148 Å². The molecule has 0 heterocycles. The molecule has 0 amide bonds. The van der Waals surface area contributed by atoms with Gasteiger partial charge in [-0.25, -0.2) is 0 Å². The first-order valence-electron chi connectivity index (χ1n) is 15.1.